The van der Waals surface area contributed by atoms with E-state index < -0.39 is 29.5 Å². The molecule has 10 heteroatoms. The van der Waals surface area contributed by atoms with Crippen LogP contribution in [0.1, 0.15) is 34.1 Å². The zero-order chi connectivity index (χ0) is 26.5. The molecular formula is C27H21ClFN3O5. The Hall–Kier alpha value is -4.50. The molecule has 0 atom stereocenters. The van der Waals surface area contributed by atoms with E-state index in [4.69, 9.17) is 16.3 Å². The molecule has 1 heterocycles. The van der Waals surface area contributed by atoms with Gasteiger partial charge in [0.25, 0.3) is 17.7 Å². The van der Waals surface area contributed by atoms with E-state index in [9.17, 15) is 23.6 Å². The zero-order valence-corrected chi connectivity index (χ0v) is 20.3. The number of rotatable bonds is 8. The summed E-state index contributed by atoms with van der Waals surface area (Å²) in [6.45, 7) is 2.16. The first kappa shape index (κ1) is 25.6. The van der Waals surface area contributed by atoms with E-state index in [-0.39, 0.29) is 39.8 Å². The summed E-state index contributed by atoms with van der Waals surface area (Å²) in [6, 6.07) is 17.6. The number of hydrogen-bond donors (Lipinski definition) is 2. The Morgan fingerprint density at radius 1 is 0.946 bits per heavy atom. The number of para-hydroxylation sites is 1. The van der Waals surface area contributed by atoms with Crippen molar-refractivity contribution in [1.82, 2.24) is 0 Å². The highest BCUT2D eigenvalue weighted by Crippen LogP contribution is 2.30. The largest absolute Gasteiger partial charge is 0.462 e. The van der Waals surface area contributed by atoms with Gasteiger partial charge in [0, 0.05) is 11.3 Å². The summed E-state index contributed by atoms with van der Waals surface area (Å²) in [5.41, 5.74) is 0.836. The summed E-state index contributed by atoms with van der Waals surface area (Å²) in [4.78, 5) is 51.3. The molecule has 4 rings (SSSR count). The fourth-order valence-electron chi connectivity index (χ4n) is 3.51. The lowest BCUT2D eigenvalue weighted by atomic mass is 10.1. The number of carbonyl (C=O) groups is 4. The third kappa shape index (κ3) is 5.52. The number of anilines is 3. The van der Waals surface area contributed by atoms with Crippen molar-refractivity contribution in [2.24, 2.45) is 0 Å². The molecule has 0 fully saturated rings. The number of nitrogens with zero attached hydrogens (tertiary/aromatic N) is 1. The van der Waals surface area contributed by atoms with Gasteiger partial charge < -0.3 is 15.4 Å². The van der Waals surface area contributed by atoms with Crippen LogP contribution in [0, 0.1) is 5.82 Å². The lowest BCUT2D eigenvalue weighted by Gasteiger charge is -2.15. The lowest BCUT2D eigenvalue weighted by molar-refractivity contribution is -0.120. The van der Waals surface area contributed by atoms with E-state index >= 15 is 0 Å². The standard InChI is InChI=1S/C27H21ClFN3O5/c1-2-14-37-27(36)16-10-12-19(13-11-16)32-25(34)22(28)23(26(32)35)30-18-7-5-6-17(15-18)24(33)31-21-9-4-3-8-20(21)29/h3-13,15,30H,2,14H2,1H3,(H,31,33). The van der Waals surface area contributed by atoms with E-state index in [0.29, 0.717) is 12.1 Å². The predicted molar refractivity (Wildman–Crippen MR) is 137 cm³/mol. The second-order valence-corrected chi connectivity index (χ2v) is 8.34. The number of ether oxygens (including phenoxy) is 1. The average Bonchev–Trinajstić information content (AvgIpc) is 3.11. The maximum atomic E-state index is 13.9. The second-order valence-electron chi connectivity index (χ2n) is 7.96. The molecule has 0 bridgehead atoms. The zero-order valence-electron chi connectivity index (χ0n) is 19.6. The van der Waals surface area contributed by atoms with Crippen molar-refractivity contribution in [2.45, 2.75) is 13.3 Å². The van der Waals surface area contributed by atoms with Crippen molar-refractivity contribution in [3.8, 4) is 0 Å². The Labute approximate surface area is 216 Å². The van der Waals surface area contributed by atoms with Gasteiger partial charge in [-0.15, -0.1) is 0 Å². The highest BCUT2D eigenvalue weighted by atomic mass is 35.5. The fraction of sp³-hybridized carbons (Fsp3) is 0.111. The van der Waals surface area contributed by atoms with E-state index in [1.807, 2.05) is 6.92 Å². The third-order valence-corrected chi connectivity index (χ3v) is 5.69. The monoisotopic (exact) mass is 521 g/mol. The van der Waals surface area contributed by atoms with Crippen molar-refractivity contribution in [3.63, 3.8) is 0 Å². The van der Waals surface area contributed by atoms with E-state index in [1.165, 1.54) is 54.6 Å². The fourth-order valence-corrected chi connectivity index (χ4v) is 3.72. The first-order valence-corrected chi connectivity index (χ1v) is 11.7. The van der Waals surface area contributed by atoms with Gasteiger partial charge in [0.2, 0.25) is 0 Å². The molecule has 3 aromatic rings. The SMILES string of the molecule is CCCOC(=O)c1ccc(N2C(=O)C(Cl)=C(Nc3cccc(C(=O)Nc4ccccc4F)c3)C2=O)cc1. The molecule has 188 valence electrons. The van der Waals surface area contributed by atoms with E-state index in [1.54, 1.807) is 18.2 Å². The molecule has 0 spiro atoms. The van der Waals surface area contributed by atoms with Crippen LogP contribution in [0.4, 0.5) is 21.5 Å². The van der Waals surface area contributed by atoms with Crippen LogP contribution in [0.5, 0.6) is 0 Å². The van der Waals surface area contributed by atoms with Crippen molar-refractivity contribution in [3.05, 3.63) is 100 Å². The number of hydrogen-bond acceptors (Lipinski definition) is 6. The number of halogens is 2. The number of esters is 1. The summed E-state index contributed by atoms with van der Waals surface area (Å²) in [5.74, 6) is -3.11. The van der Waals surface area contributed by atoms with Crippen LogP contribution < -0.4 is 15.5 Å². The molecule has 0 aliphatic carbocycles. The van der Waals surface area contributed by atoms with Crippen LogP contribution in [0.15, 0.2) is 83.5 Å². The number of benzene rings is 3. The average molecular weight is 522 g/mol. The van der Waals surface area contributed by atoms with Crippen LogP contribution in [0.2, 0.25) is 0 Å². The maximum absolute atomic E-state index is 13.9. The normalized spacial score (nSPS) is 13.1. The Morgan fingerprint density at radius 3 is 2.38 bits per heavy atom. The van der Waals surface area contributed by atoms with Crippen LogP contribution in [-0.2, 0) is 14.3 Å². The molecular weight excluding hydrogens is 501 g/mol. The third-order valence-electron chi connectivity index (χ3n) is 5.34. The van der Waals surface area contributed by atoms with Gasteiger partial charge in [-0.05, 0) is 61.0 Å². The van der Waals surface area contributed by atoms with Crippen LogP contribution in [0.3, 0.4) is 0 Å². The molecule has 0 unspecified atom stereocenters. The maximum Gasteiger partial charge on any atom is 0.338 e. The predicted octanol–water partition coefficient (Wildman–Crippen LogP) is 5.08. The number of carbonyl (C=O) groups excluding carboxylic acids is 4. The van der Waals surface area contributed by atoms with Gasteiger partial charge in [-0.3, -0.25) is 14.4 Å². The van der Waals surface area contributed by atoms with Gasteiger partial charge >= 0.3 is 5.97 Å². The number of imide groups is 1. The highest BCUT2D eigenvalue weighted by Gasteiger charge is 2.39. The van der Waals surface area contributed by atoms with Gasteiger partial charge in [-0.1, -0.05) is 36.7 Å². The van der Waals surface area contributed by atoms with Gasteiger partial charge in [0.15, 0.2) is 0 Å². The summed E-state index contributed by atoms with van der Waals surface area (Å²) in [7, 11) is 0. The molecule has 3 amide bonds. The Kier molecular flexibility index (Phi) is 7.64. The first-order chi connectivity index (χ1) is 17.8. The summed E-state index contributed by atoms with van der Waals surface area (Å²) in [6.07, 6.45) is 0.680. The van der Waals surface area contributed by atoms with Crippen molar-refractivity contribution in [1.29, 1.82) is 0 Å². The minimum absolute atomic E-state index is 0.0217. The summed E-state index contributed by atoms with van der Waals surface area (Å²) in [5, 5.41) is 4.95. The van der Waals surface area contributed by atoms with Gasteiger partial charge in [-0.25, -0.2) is 14.1 Å². The lowest BCUT2D eigenvalue weighted by Crippen LogP contribution is -2.32. The Balaban J connectivity index is 1.49. The Morgan fingerprint density at radius 2 is 1.68 bits per heavy atom. The topological polar surface area (TPSA) is 105 Å². The molecule has 1 aliphatic rings. The first-order valence-electron chi connectivity index (χ1n) is 11.3. The summed E-state index contributed by atoms with van der Waals surface area (Å²) >= 11 is 6.19. The van der Waals surface area contributed by atoms with E-state index in [2.05, 4.69) is 10.6 Å². The Bertz CT molecular complexity index is 1420. The molecule has 3 aromatic carbocycles. The van der Waals surface area contributed by atoms with Crippen molar-refractivity contribution < 1.29 is 28.3 Å². The quantitative estimate of drug-likeness (QED) is 0.316. The van der Waals surface area contributed by atoms with Gasteiger partial charge in [0.1, 0.15) is 16.5 Å². The van der Waals surface area contributed by atoms with Crippen LogP contribution in [0.25, 0.3) is 0 Å². The molecule has 0 saturated heterocycles. The minimum atomic E-state index is -0.746. The molecule has 8 nitrogen and oxygen atoms in total. The number of nitrogens with one attached hydrogen (secondary N) is 2. The van der Waals surface area contributed by atoms with Crippen LogP contribution in [-0.4, -0.2) is 30.3 Å². The number of amides is 3. The van der Waals surface area contributed by atoms with Crippen molar-refractivity contribution >= 4 is 52.4 Å². The van der Waals surface area contributed by atoms with Gasteiger partial charge in [0.05, 0.1) is 23.5 Å². The van der Waals surface area contributed by atoms with Crippen LogP contribution >= 0.6 is 11.6 Å². The van der Waals surface area contributed by atoms with E-state index in [0.717, 1.165) is 4.90 Å². The van der Waals surface area contributed by atoms with Gasteiger partial charge in [-0.2, -0.15) is 0 Å². The highest BCUT2D eigenvalue weighted by molar-refractivity contribution is 6.53. The molecule has 0 radical (unpaired) electrons. The second kappa shape index (κ2) is 11.0. The molecule has 0 aromatic heterocycles. The minimum Gasteiger partial charge on any atom is -0.462 e. The summed E-state index contributed by atoms with van der Waals surface area (Å²) < 4.78 is 19.0. The molecule has 37 heavy (non-hydrogen) atoms. The molecule has 0 saturated carbocycles. The van der Waals surface area contributed by atoms with Crippen molar-refractivity contribution in [2.75, 3.05) is 22.1 Å². The smallest absolute Gasteiger partial charge is 0.338 e. The molecule has 2 N–H and O–H groups in total. The molecule has 1 aliphatic heterocycles.